The molecular weight excluding hydrogens is 413 g/mol. The highest BCUT2D eigenvalue weighted by atomic mass is 19.1. The predicted molar refractivity (Wildman–Crippen MR) is 120 cm³/mol. The van der Waals surface area contributed by atoms with E-state index in [9.17, 15) is 9.18 Å². The lowest BCUT2D eigenvalue weighted by atomic mass is 10.1. The fraction of sp³-hybridized carbons (Fsp3) is 0.273. The molecule has 0 unspecified atom stereocenters. The van der Waals surface area contributed by atoms with Gasteiger partial charge in [-0.1, -0.05) is 12.1 Å². The number of amides is 1. The van der Waals surface area contributed by atoms with Crippen LogP contribution in [0.2, 0.25) is 0 Å². The van der Waals surface area contributed by atoms with Crippen molar-refractivity contribution in [3.05, 3.63) is 65.7 Å². The Hall–Kier alpha value is -3.79. The van der Waals surface area contributed by atoms with Crippen molar-refractivity contribution >= 4 is 28.9 Å². The number of anilines is 4. The molecule has 3 heterocycles. The molecule has 166 valence electrons. The first-order valence-electron chi connectivity index (χ1n) is 10.3. The average Bonchev–Trinajstić information content (AvgIpc) is 2.80. The van der Waals surface area contributed by atoms with Gasteiger partial charge in [-0.25, -0.2) is 9.37 Å². The molecule has 4 rings (SSSR count). The van der Waals surface area contributed by atoms with Gasteiger partial charge in [0.1, 0.15) is 11.6 Å². The molecule has 1 aliphatic rings. The maximum absolute atomic E-state index is 13.4. The van der Waals surface area contributed by atoms with Crippen LogP contribution in [0.25, 0.3) is 0 Å². The van der Waals surface area contributed by atoms with Crippen LogP contribution in [0.1, 0.15) is 16.1 Å². The molecule has 0 radical (unpaired) electrons. The monoisotopic (exact) mass is 437 g/mol. The highest BCUT2D eigenvalue weighted by molar-refractivity contribution is 5.96. The lowest BCUT2D eigenvalue weighted by Gasteiger charge is -2.28. The van der Waals surface area contributed by atoms with Crippen molar-refractivity contribution < 1.29 is 13.9 Å². The number of primary amides is 1. The Labute approximate surface area is 184 Å². The molecule has 1 fully saturated rings. The standard InChI is InChI=1S/C22H24FN7O2/c23-16-3-1-2-15(12-16)6-7-25-18-13-20(28-29-21(18)22(24)31)27-19-5-4-17(14-26-19)30-8-10-32-11-9-30/h1-5,12-14H,6-11H2,(H2,24,31)(H2,25,26,27,28). The van der Waals surface area contributed by atoms with Crippen LogP contribution in [0.5, 0.6) is 0 Å². The van der Waals surface area contributed by atoms with Crippen molar-refractivity contribution in [3.63, 3.8) is 0 Å². The Bertz CT molecular complexity index is 1070. The smallest absolute Gasteiger partial charge is 0.271 e. The summed E-state index contributed by atoms with van der Waals surface area (Å²) in [6, 6.07) is 11.8. The van der Waals surface area contributed by atoms with Crippen LogP contribution in [0.3, 0.4) is 0 Å². The Morgan fingerprint density at radius 3 is 2.69 bits per heavy atom. The van der Waals surface area contributed by atoms with Gasteiger partial charge in [0.15, 0.2) is 11.5 Å². The maximum Gasteiger partial charge on any atom is 0.271 e. The number of halogens is 1. The number of aromatic nitrogens is 3. The number of nitrogens with one attached hydrogen (secondary N) is 2. The van der Waals surface area contributed by atoms with E-state index in [0.717, 1.165) is 24.3 Å². The molecule has 0 aliphatic carbocycles. The zero-order chi connectivity index (χ0) is 22.3. The Morgan fingerprint density at radius 1 is 1.12 bits per heavy atom. The third-order valence-corrected chi connectivity index (χ3v) is 5.03. The second kappa shape index (κ2) is 10.0. The van der Waals surface area contributed by atoms with Crippen LogP contribution in [-0.2, 0) is 11.2 Å². The largest absolute Gasteiger partial charge is 0.383 e. The van der Waals surface area contributed by atoms with Gasteiger partial charge in [0.05, 0.1) is 30.8 Å². The summed E-state index contributed by atoms with van der Waals surface area (Å²) in [6.45, 7) is 3.53. The average molecular weight is 437 g/mol. The van der Waals surface area contributed by atoms with Gasteiger partial charge in [0, 0.05) is 25.7 Å². The number of hydrogen-bond acceptors (Lipinski definition) is 8. The topological polar surface area (TPSA) is 118 Å². The molecule has 0 bridgehead atoms. The molecule has 2 aromatic heterocycles. The van der Waals surface area contributed by atoms with Gasteiger partial charge in [-0.3, -0.25) is 4.79 Å². The van der Waals surface area contributed by atoms with E-state index >= 15 is 0 Å². The first kappa shape index (κ1) is 21.4. The van der Waals surface area contributed by atoms with Gasteiger partial charge >= 0.3 is 0 Å². The first-order valence-corrected chi connectivity index (χ1v) is 10.3. The number of nitrogens with two attached hydrogens (primary N) is 1. The summed E-state index contributed by atoms with van der Waals surface area (Å²) < 4.78 is 18.7. The Kier molecular flexibility index (Phi) is 6.71. The van der Waals surface area contributed by atoms with Gasteiger partial charge in [0.25, 0.3) is 5.91 Å². The molecule has 1 aliphatic heterocycles. The molecule has 4 N–H and O–H groups in total. The van der Waals surface area contributed by atoms with E-state index < -0.39 is 5.91 Å². The van der Waals surface area contributed by atoms with Crippen molar-refractivity contribution in [1.82, 2.24) is 15.2 Å². The lowest BCUT2D eigenvalue weighted by Crippen LogP contribution is -2.36. The molecule has 10 heteroatoms. The van der Waals surface area contributed by atoms with Gasteiger partial charge in [-0.2, -0.15) is 0 Å². The number of nitrogens with zero attached hydrogens (tertiary/aromatic N) is 4. The fourth-order valence-electron chi connectivity index (χ4n) is 3.40. The molecule has 0 atom stereocenters. The molecule has 1 saturated heterocycles. The SMILES string of the molecule is NC(=O)c1nnc(Nc2ccc(N3CCOCC3)cn2)cc1NCCc1cccc(F)c1. The molecular formula is C22H24FN7O2. The van der Waals surface area contributed by atoms with Gasteiger partial charge in [-0.15, -0.1) is 10.2 Å². The van der Waals surface area contributed by atoms with Crippen LogP contribution in [0.15, 0.2) is 48.7 Å². The van der Waals surface area contributed by atoms with E-state index in [1.54, 1.807) is 18.3 Å². The van der Waals surface area contributed by atoms with Crippen molar-refractivity contribution in [3.8, 4) is 0 Å². The van der Waals surface area contributed by atoms with Crippen LogP contribution < -0.4 is 21.3 Å². The minimum absolute atomic E-state index is 0.0328. The molecule has 1 aromatic carbocycles. The first-order chi connectivity index (χ1) is 15.6. The van der Waals surface area contributed by atoms with Crippen molar-refractivity contribution in [1.29, 1.82) is 0 Å². The summed E-state index contributed by atoms with van der Waals surface area (Å²) >= 11 is 0. The minimum atomic E-state index is -0.690. The number of carbonyl (C=O) groups excluding carboxylic acids is 1. The van der Waals surface area contributed by atoms with Crippen molar-refractivity contribution in [2.24, 2.45) is 5.73 Å². The number of rotatable bonds is 8. The van der Waals surface area contributed by atoms with Crippen LogP contribution in [0, 0.1) is 5.82 Å². The highest BCUT2D eigenvalue weighted by Gasteiger charge is 2.14. The van der Waals surface area contributed by atoms with E-state index in [2.05, 4.69) is 30.7 Å². The quantitative estimate of drug-likeness (QED) is 0.492. The van der Waals surface area contributed by atoms with Gasteiger partial charge in [-0.05, 0) is 36.2 Å². The molecule has 0 saturated carbocycles. The molecule has 9 nitrogen and oxygen atoms in total. The zero-order valence-electron chi connectivity index (χ0n) is 17.4. The van der Waals surface area contributed by atoms with Gasteiger partial charge in [0.2, 0.25) is 0 Å². The number of hydrogen-bond donors (Lipinski definition) is 3. The van der Waals surface area contributed by atoms with E-state index in [1.807, 2.05) is 18.2 Å². The highest BCUT2D eigenvalue weighted by Crippen LogP contribution is 2.21. The number of ether oxygens (including phenoxy) is 1. The maximum atomic E-state index is 13.4. The van der Waals surface area contributed by atoms with E-state index in [1.165, 1.54) is 12.1 Å². The normalized spacial score (nSPS) is 13.6. The van der Waals surface area contributed by atoms with Crippen molar-refractivity contribution in [2.75, 3.05) is 48.4 Å². The number of morpholine rings is 1. The van der Waals surface area contributed by atoms with E-state index in [0.29, 0.717) is 43.5 Å². The fourth-order valence-corrected chi connectivity index (χ4v) is 3.40. The second-order valence-corrected chi connectivity index (χ2v) is 7.29. The third-order valence-electron chi connectivity index (χ3n) is 5.03. The number of benzene rings is 1. The summed E-state index contributed by atoms with van der Waals surface area (Å²) in [5.74, 6) is 0.0264. The zero-order valence-corrected chi connectivity index (χ0v) is 17.4. The number of carbonyl (C=O) groups is 1. The van der Waals surface area contributed by atoms with Crippen molar-refractivity contribution in [2.45, 2.75) is 6.42 Å². The molecule has 32 heavy (non-hydrogen) atoms. The van der Waals surface area contributed by atoms with Crippen LogP contribution >= 0.6 is 0 Å². The van der Waals surface area contributed by atoms with Gasteiger partial charge < -0.3 is 26.0 Å². The third kappa shape index (κ3) is 5.46. The minimum Gasteiger partial charge on any atom is -0.383 e. The second-order valence-electron chi connectivity index (χ2n) is 7.29. The summed E-state index contributed by atoms with van der Waals surface area (Å²) in [5, 5.41) is 14.2. The summed E-state index contributed by atoms with van der Waals surface area (Å²) in [5.41, 5.74) is 7.76. The molecule has 0 spiro atoms. The van der Waals surface area contributed by atoms with Crippen LogP contribution in [0.4, 0.5) is 27.4 Å². The lowest BCUT2D eigenvalue weighted by molar-refractivity contribution is 0.0995. The molecule has 1 amide bonds. The summed E-state index contributed by atoms with van der Waals surface area (Å²) in [4.78, 5) is 18.4. The molecule has 3 aromatic rings. The predicted octanol–water partition coefficient (Wildman–Crippen LogP) is 2.34. The van der Waals surface area contributed by atoms with Crippen LogP contribution in [-0.4, -0.2) is 53.9 Å². The Morgan fingerprint density at radius 2 is 1.97 bits per heavy atom. The summed E-state index contributed by atoms with van der Waals surface area (Å²) in [6.07, 6.45) is 2.35. The Balaban J connectivity index is 1.43. The van der Waals surface area contributed by atoms with E-state index in [-0.39, 0.29) is 11.5 Å². The number of pyridine rings is 1. The van der Waals surface area contributed by atoms with E-state index in [4.69, 9.17) is 10.5 Å². The summed E-state index contributed by atoms with van der Waals surface area (Å²) in [7, 11) is 0.